The number of nitrogens with two attached hydrogens (primary N) is 1. The van der Waals surface area contributed by atoms with E-state index in [0.717, 1.165) is 24.7 Å². The number of pyridine rings is 1. The topological polar surface area (TPSA) is 74.7 Å². The van der Waals surface area contributed by atoms with Crippen molar-refractivity contribution in [1.82, 2.24) is 4.98 Å². The van der Waals surface area contributed by atoms with Crippen LogP contribution in [0, 0.1) is 5.92 Å². The molecule has 1 unspecified atom stereocenters. The fraction of sp³-hybridized carbons (Fsp3) is 0.600. The molecular formula is C15H24N4O. The number of anilines is 1. The number of hydrogen-bond donors (Lipinski definition) is 2. The minimum atomic E-state index is 0.0607. The van der Waals surface area contributed by atoms with Gasteiger partial charge in [0.05, 0.1) is 0 Å². The molecule has 0 aliphatic carbocycles. The Morgan fingerprint density at radius 3 is 3.10 bits per heavy atom. The molecule has 2 heterocycles. The number of hydrogen-bond acceptors (Lipinski definition) is 4. The third-order valence-electron chi connectivity index (χ3n) is 4.02. The Morgan fingerprint density at radius 2 is 2.35 bits per heavy atom. The standard InChI is InChI=1S/C15H24N4O/c1-2-4-12-5-3-9-19(10-7-12)13-6-8-17-14(11-13)15(16)18-20/h6,8,11-12,20H,2-5,7,9-10H2,1H3,(H2,16,18). The van der Waals surface area contributed by atoms with E-state index in [9.17, 15) is 0 Å². The maximum Gasteiger partial charge on any atom is 0.188 e. The number of aromatic nitrogens is 1. The largest absolute Gasteiger partial charge is 0.409 e. The second kappa shape index (κ2) is 7.12. The smallest absolute Gasteiger partial charge is 0.188 e. The molecule has 5 heteroatoms. The second-order valence-electron chi connectivity index (χ2n) is 5.46. The molecule has 20 heavy (non-hydrogen) atoms. The maximum absolute atomic E-state index is 8.74. The second-order valence-corrected chi connectivity index (χ2v) is 5.46. The SMILES string of the molecule is CCCC1CCCN(c2ccnc(C(N)=NO)c2)CC1. The van der Waals surface area contributed by atoms with E-state index in [0.29, 0.717) is 5.69 Å². The fourth-order valence-electron chi connectivity index (χ4n) is 2.93. The lowest BCUT2D eigenvalue weighted by molar-refractivity contribution is 0.318. The van der Waals surface area contributed by atoms with Crippen LogP contribution in [0.15, 0.2) is 23.5 Å². The molecule has 0 saturated carbocycles. The molecule has 0 amide bonds. The van der Waals surface area contributed by atoms with Crippen LogP contribution in [0.3, 0.4) is 0 Å². The van der Waals surface area contributed by atoms with Crippen molar-refractivity contribution in [2.45, 2.75) is 39.0 Å². The molecule has 1 aromatic rings. The van der Waals surface area contributed by atoms with E-state index >= 15 is 0 Å². The van der Waals surface area contributed by atoms with Crippen molar-refractivity contribution in [1.29, 1.82) is 0 Å². The zero-order valence-electron chi connectivity index (χ0n) is 12.1. The van der Waals surface area contributed by atoms with E-state index in [1.54, 1.807) is 6.20 Å². The number of oxime groups is 1. The molecule has 0 radical (unpaired) electrons. The van der Waals surface area contributed by atoms with E-state index in [1.165, 1.54) is 32.1 Å². The first-order valence-electron chi connectivity index (χ1n) is 7.43. The maximum atomic E-state index is 8.74. The van der Waals surface area contributed by atoms with Crippen LogP contribution in [-0.4, -0.2) is 29.1 Å². The monoisotopic (exact) mass is 276 g/mol. The van der Waals surface area contributed by atoms with Gasteiger partial charge in [-0.25, -0.2) is 0 Å². The van der Waals surface area contributed by atoms with Gasteiger partial charge >= 0.3 is 0 Å². The summed E-state index contributed by atoms with van der Waals surface area (Å²) >= 11 is 0. The summed E-state index contributed by atoms with van der Waals surface area (Å²) in [5.74, 6) is 0.918. The van der Waals surface area contributed by atoms with Crippen LogP contribution in [0.5, 0.6) is 0 Å². The summed E-state index contributed by atoms with van der Waals surface area (Å²) in [4.78, 5) is 6.51. The van der Waals surface area contributed by atoms with E-state index in [-0.39, 0.29) is 5.84 Å². The molecule has 5 nitrogen and oxygen atoms in total. The van der Waals surface area contributed by atoms with Crippen LogP contribution in [0.2, 0.25) is 0 Å². The van der Waals surface area contributed by atoms with Gasteiger partial charge < -0.3 is 15.8 Å². The zero-order valence-corrected chi connectivity index (χ0v) is 12.1. The van der Waals surface area contributed by atoms with Gasteiger partial charge in [0.1, 0.15) is 5.69 Å². The highest BCUT2D eigenvalue weighted by atomic mass is 16.4. The lowest BCUT2D eigenvalue weighted by Crippen LogP contribution is -2.25. The first kappa shape index (κ1) is 14.6. The van der Waals surface area contributed by atoms with Crippen molar-refractivity contribution in [2.24, 2.45) is 16.8 Å². The van der Waals surface area contributed by atoms with Gasteiger partial charge in [0.15, 0.2) is 5.84 Å². The summed E-state index contributed by atoms with van der Waals surface area (Å²) in [5.41, 5.74) is 7.24. The third kappa shape index (κ3) is 3.62. The first-order chi connectivity index (χ1) is 9.74. The molecule has 1 fully saturated rings. The van der Waals surface area contributed by atoms with E-state index in [2.05, 4.69) is 22.0 Å². The van der Waals surface area contributed by atoms with Crippen LogP contribution in [0.4, 0.5) is 5.69 Å². The molecule has 1 saturated heterocycles. The highest BCUT2D eigenvalue weighted by Gasteiger charge is 2.17. The number of nitrogens with zero attached hydrogens (tertiary/aromatic N) is 3. The van der Waals surface area contributed by atoms with Gasteiger partial charge in [0.2, 0.25) is 0 Å². The summed E-state index contributed by atoms with van der Waals surface area (Å²) in [6, 6.07) is 3.89. The lowest BCUT2D eigenvalue weighted by atomic mass is 9.96. The Kier molecular flexibility index (Phi) is 5.21. The van der Waals surface area contributed by atoms with Gasteiger partial charge in [-0.15, -0.1) is 0 Å². The van der Waals surface area contributed by atoms with Crippen molar-refractivity contribution in [2.75, 3.05) is 18.0 Å². The third-order valence-corrected chi connectivity index (χ3v) is 4.02. The van der Waals surface area contributed by atoms with Crippen LogP contribution in [0.25, 0.3) is 0 Å². The molecule has 1 aliphatic heterocycles. The molecule has 1 atom stereocenters. The van der Waals surface area contributed by atoms with Crippen molar-refractivity contribution >= 4 is 11.5 Å². The Labute approximate surface area is 120 Å². The summed E-state index contributed by atoms with van der Waals surface area (Å²) in [5, 5.41) is 11.8. The molecule has 0 spiro atoms. The summed E-state index contributed by atoms with van der Waals surface area (Å²) < 4.78 is 0. The molecule has 0 bridgehead atoms. The van der Waals surface area contributed by atoms with Crippen LogP contribution in [0.1, 0.15) is 44.7 Å². The van der Waals surface area contributed by atoms with Crippen molar-refractivity contribution in [3.05, 3.63) is 24.0 Å². The highest BCUT2D eigenvalue weighted by Crippen LogP contribution is 2.25. The molecule has 1 aromatic heterocycles. The predicted octanol–water partition coefficient (Wildman–Crippen LogP) is 2.58. The molecular weight excluding hydrogens is 252 g/mol. The van der Waals surface area contributed by atoms with E-state index < -0.39 is 0 Å². The predicted molar refractivity (Wildman–Crippen MR) is 81.2 cm³/mol. The van der Waals surface area contributed by atoms with Gasteiger partial charge in [-0.2, -0.15) is 0 Å². The Bertz CT molecular complexity index is 461. The molecule has 1 aliphatic rings. The Morgan fingerprint density at radius 1 is 1.50 bits per heavy atom. The van der Waals surface area contributed by atoms with Crippen molar-refractivity contribution < 1.29 is 5.21 Å². The minimum absolute atomic E-state index is 0.0607. The number of rotatable bonds is 4. The highest BCUT2D eigenvalue weighted by molar-refractivity contribution is 5.95. The average molecular weight is 276 g/mol. The first-order valence-corrected chi connectivity index (χ1v) is 7.43. The van der Waals surface area contributed by atoms with Crippen molar-refractivity contribution in [3.63, 3.8) is 0 Å². The number of amidine groups is 1. The van der Waals surface area contributed by atoms with Gasteiger partial charge in [-0.05, 0) is 37.3 Å². The average Bonchev–Trinajstić information content (AvgIpc) is 2.73. The van der Waals surface area contributed by atoms with Crippen molar-refractivity contribution in [3.8, 4) is 0 Å². The molecule has 0 aromatic carbocycles. The van der Waals surface area contributed by atoms with Crippen LogP contribution >= 0.6 is 0 Å². The molecule has 3 N–H and O–H groups in total. The Hall–Kier alpha value is -1.78. The summed E-state index contributed by atoms with van der Waals surface area (Å²) in [7, 11) is 0. The van der Waals surface area contributed by atoms with Gasteiger partial charge in [-0.3, -0.25) is 4.98 Å². The molecule has 2 rings (SSSR count). The quantitative estimate of drug-likeness (QED) is 0.383. The minimum Gasteiger partial charge on any atom is -0.409 e. The zero-order chi connectivity index (χ0) is 14.4. The van der Waals surface area contributed by atoms with E-state index in [4.69, 9.17) is 10.9 Å². The van der Waals surface area contributed by atoms with Gasteiger partial charge in [0, 0.05) is 25.0 Å². The van der Waals surface area contributed by atoms with Crippen LogP contribution < -0.4 is 10.6 Å². The van der Waals surface area contributed by atoms with Crippen LogP contribution in [-0.2, 0) is 0 Å². The normalized spacial score (nSPS) is 20.8. The summed E-state index contributed by atoms with van der Waals surface area (Å²) in [6.07, 6.45) is 8.12. The molecule has 110 valence electrons. The van der Waals surface area contributed by atoms with Gasteiger partial charge in [-0.1, -0.05) is 24.9 Å². The summed E-state index contributed by atoms with van der Waals surface area (Å²) in [6.45, 7) is 4.40. The van der Waals surface area contributed by atoms with Gasteiger partial charge in [0.25, 0.3) is 0 Å². The Balaban J connectivity index is 2.08. The lowest BCUT2D eigenvalue weighted by Gasteiger charge is -2.23. The fourth-order valence-corrected chi connectivity index (χ4v) is 2.93. The van der Waals surface area contributed by atoms with E-state index in [1.807, 2.05) is 12.1 Å².